The van der Waals surface area contributed by atoms with Crippen molar-refractivity contribution in [1.82, 2.24) is 14.5 Å². The molecular formula is C19H19N3O3. The van der Waals surface area contributed by atoms with Crippen LogP contribution in [0.2, 0.25) is 0 Å². The highest BCUT2D eigenvalue weighted by Gasteiger charge is 2.21. The van der Waals surface area contributed by atoms with Crippen molar-refractivity contribution in [2.24, 2.45) is 0 Å². The van der Waals surface area contributed by atoms with Gasteiger partial charge in [-0.1, -0.05) is 13.8 Å². The number of esters is 1. The summed E-state index contributed by atoms with van der Waals surface area (Å²) in [6, 6.07) is 5.30. The third-order valence-electron chi connectivity index (χ3n) is 4.21. The van der Waals surface area contributed by atoms with Crippen molar-refractivity contribution < 1.29 is 9.53 Å². The van der Waals surface area contributed by atoms with Crippen LogP contribution in [0.5, 0.6) is 0 Å². The van der Waals surface area contributed by atoms with Crippen molar-refractivity contribution in [1.29, 1.82) is 0 Å². The summed E-state index contributed by atoms with van der Waals surface area (Å²) in [7, 11) is 1.33. The van der Waals surface area contributed by atoms with Crippen molar-refractivity contribution in [3.63, 3.8) is 0 Å². The number of nitrogens with zero attached hydrogens (tertiary/aromatic N) is 3. The highest BCUT2D eigenvalue weighted by molar-refractivity contribution is 6.05. The van der Waals surface area contributed by atoms with Gasteiger partial charge in [0.1, 0.15) is 0 Å². The summed E-state index contributed by atoms with van der Waals surface area (Å²) in [4.78, 5) is 34.0. The van der Waals surface area contributed by atoms with Gasteiger partial charge in [-0.05, 0) is 31.0 Å². The molecule has 3 aromatic heterocycles. The zero-order valence-electron chi connectivity index (χ0n) is 14.4. The van der Waals surface area contributed by atoms with E-state index in [0.717, 1.165) is 0 Å². The molecule has 0 spiro atoms. The molecule has 0 saturated carbocycles. The number of carbonyl (C=O) groups is 1. The van der Waals surface area contributed by atoms with Crippen LogP contribution in [0.15, 0.2) is 41.6 Å². The van der Waals surface area contributed by atoms with Crippen molar-refractivity contribution in [2.75, 3.05) is 7.11 Å². The fourth-order valence-electron chi connectivity index (χ4n) is 3.00. The van der Waals surface area contributed by atoms with Gasteiger partial charge in [0.2, 0.25) is 0 Å². The van der Waals surface area contributed by atoms with Crippen molar-refractivity contribution in [3.8, 4) is 5.69 Å². The number of aromatic nitrogens is 3. The molecule has 0 fully saturated rings. The van der Waals surface area contributed by atoms with Gasteiger partial charge in [0.05, 0.1) is 35.1 Å². The molecule has 0 amide bonds. The summed E-state index contributed by atoms with van der Waals surface area (Å²) in [6.07, 6.45) is 6.11. The van der Waals surface area contributed by atoms with E-state index in [4.69, 9.17) is 4.74 Å². The van der Waals surface area contributed by atoms with Crippen molar-refractivity contribution >= 4 is 16.7 Å². The Morgan fingerprint density at radius 3 is 2.40 bits per heavy atom. The minimum atomic E-state index is -0.474. The molecule has 25 heavy (non-hydrogen) atoms. The van der Waals surface area contributed by atoms with Crippen LogP contribution in [-0.2, 0) is 17.6 Å². The summed E-state index contributed by atoms with van der Waals surface area (Å²) < 4.78 is 6.46. The lowest BCUT2D eigenvalue weighted by atomic mass is 10.0. The van der Waals surface area contributed by atoms with Crippen LogP contribution in [0, 0.1) is 0 Å². The summed E-state index contributed by atoms with van der Waals surface area (Å²) in [6.45, 7) is 3.88. The number of methoxy groups -OCH3 is 1. The third-order valence-corrected chi connectivity index (χ3v) is 4.21. The molecule has 0 bridgehead atoms. The van der Waals surface area contributed by atoms with Crippen LogP contribution < -0.4 is 5.56 Å². The van der Waals surface area contributed by atoms with E-state index >= 15 is 0 Å². The average molecular weight is 337 g/mol. The molecule has 3 heterocycles. The van der Waals surface area contributed by atoms with Crippen LogP contribution in [0.1, 0.15) is 35.6 Å². The van der Waals surface area contributed by atoms with Gasteiger partial charge in [-0.15, -0.1) is 0 Å². The number of hydrogen-bond acceptors (Lipinski definition) is 5. The van der Waals surface area contributed by atoms with E-state index in [2.05, 4.69) is 9.97 Å². The van der Waals surface area contributed by atoms with E-state index < -0.39 is 5.97 Å². The predicted octanol–water partition coefficient (Wildman–Crippen LogP) is 2.69. The van der Waals surface area contributed by atoms with Gasteiger partial charge in [0, 0.05) is 24.0 Å². The summed E-state index contributed by atoms with van der Waals surface area (Å²) >= 11 is 0. The van der Waals surface area contributed by atoms with Crippen LogP contribution in [-0.4, -0.2) is 27.6 Å². The fraction of sp³-hybridized carbons (Fsp3) is 0.263. The van der Waals surface area contributed by atoms with E-state index in [-0.39, 0.29) is 5.56 Å². The van der Waals surface area contributed by atoms with Crippen molar-refractivity contribution in [3.05, 3.63) is 64.1 Å². The quantitative estimate of drug-likeness (QED) is 0.684. The maximum Gasteiger partial charge on any atom is 0.340 e. The van der Waals surface area contributed by atoms with Crippen LogP contribution in [0.25, 0.3) is 16.5 Å². The molecule has 0 saturated heterocycles. The number of ether oxygens (including phenoxy) is 1. The molecule has 0 aliphatic carbocycles. The maximum absolute atomic E-state index is 13.1. The Morgan fingerprint density at radius 1 is 1.12 bits per heavy atom. The Balaban J connectivity index is 2.42. The van der Waals surface area contributed by atoms with Crippen LogP contribution in [0.3, 0.4) is 0 Å². The Hall–Kier alpha value is -3.02. The van der Waals surface area contributed by atoms with E-state index in [9.17, 15) is 9.59 Å². The number of carbonyl (C=O) groups excluding carboxylic acids is 1. The van der Waals surface area contributed by atoms with Gasteiger partial charge in [-0.3, -0.25) is 19.3 Å². The monoisotopic (exact) mass is 337 g/mol. The zero-order chi connectivity index (χ0) is 18.0. The Labute approximate surface area is 145 Å². The number of aryl methyl sites for hydroxylation is 2. The average Bonchev–Trinajstić information content (AvgIpc) is 2.66. The minimum absolute atomic E-state index is 0.208. The molecule has 0 atom stereocenters. The SMILES string of the molecule is CCc1nc(CC)c2c(=O)n(-c3ccncc3)ccc2c1C(=O)OC. The summed E-state index contributed by atoms with van der Waals surface area (Å²) in [5.41, 5.74) is 2.21. The number of rotatable bonds is 4. The molecule has 3 aromatic rings. The first-order chi connectivity index (χ1) is 12.1. The second kappa shape index (κ2) is 6.84. The molecule has 3 rings (SSSR count). The molecule has 0 aromatic carbocycles. The number of pyridine rings is 3. The lowest BCUT2D eigenvalue weighted by Gasteiger charge is -2.14. The van der Waals surface area contributed by atoms with Gasteiger partial charge >= 0.3 is 5.97 Å². The van der Waals surface area contributed by atoms with Crippen LogP contribution >= 0.6 is 0 Å². The molecule has 0 aliphatic rings. The minimum Gasteiger partial charge on any atom is -0.465 e. The second-order valence-corrected chi connectivity index (χ2v) is 5.56. The maximum atomic E-state index is 13.1. The van der Waals surface area contributed by atoms with E-state index in [0.29, 0.717) is 46.3 Å². The summed E-state index contributed by atoms with van der Waals surface area (Å²) in [5, 5.41) is 1.05. The van der Waals surface area contributed by atoms with Gasteiger partial charge in [0.25, 0.3) is 5.56 Å². The topological polar surface area (TPSA) is 74.1 Å². The largest absolute Gasteiger partial charge is 0.465 e. The predicted molar refractivity (Wildman–Crippen MR) is 95.2 cm³/mol. The second-order valence-electron chi connectivity index (χ2n) is 5.56. The lowest BCUT2D eigenvalue weighted by molar-refractivity contribution is 0.0601. The fourth-order valence-corrected chi connectivity index (χ4v) is 3.00. The molecule has 6 heteroatoms. The molecule has 0 radical (unpaired) electrons. The first-order valence-corrected chi connectivity index (χ1v) is 8.18. The van der Waals surface area contributed by atoms with E-state index in [1.54, 1.807) is 36.8 Å². The first-order valence-electron chi connectivity index (χ1n) is 8.18. The highest BCUT2D eigenvalue weighted by Crippen LogP contribution is 2.24. The number of fused-ring (bicyclic) bond motifs is 1. The van der Waals surface area contributed by atoms with E-state index in [1.165, 1.54) is 11.7 Å². The lowest BCUT2D eigenvalue weighted by Crippen LogP contribution is -2.21. The van der Waals surface area contributed by atoms with Crippen LogP contribution in [0.4, 0.5) is 0 Å². The van der Waals surface area contributed by atoms with Gasteiger partial charge in [0.15, 0.2) is 0 Å². The Morgan fingerprint density at radius 2 is 1.80 bits per heavy atom. The summed E-state index contributed by atoms with van der Waals surface area (Å²) in [5.74, 6) is -0.474. The molecule has 0 aliphatic heterocycles. The van der Waals surface area contributed by atoms with Crippen molar-refractivity contribution in [2.45, 2.75) is 26.7 Å². The standard InChI is InChI=1S/C19H19N3O3/c1-4-14-16-13(17(19(24)25-3)15(5-2)21-14)8-11-22(18(16)23)12-6-9-20-10-7-12/h6-11H,4-5H2,1-3H3. The first kappa shape index (κ1) is 16.8. The third kappa shape index (κ3) is 2.80. The molecular weight excluding hydrogens is 318 g/mol. The molecule has 128 valence electrons. The highest BCUT2D eigenvalue weighted by atomic mass is 16.5. The molecule has 6 nitrogen and oxygen atoms in total. The smallest absolute Gasteiger partial charge is 0.340 e. The normalized spacial score (nSPS) is 10.8. The van der Waals surface area contributed by atoms with Gasteiger partial charge < -0.3 is 4.74 Å². The van der Waals surface area contributed by atoms with Gasteiger partial charge in [-0.2, -0.15) is 0 Å². The Kier molecular flexibility index (Phi) is 4.61. The van der Waals surface area contributed by atoms with Gasteiger partial charge in [-0.25, -0.2) is 4.79 Å². The zero-order valence-corrected chi connectivity index (χ0v) is 14.4. The van der Waals surface area contributed by atoms with E-state index in [1.807, 2.05) is 13.8 Å². The molecule has 0 unspecified atom stereocenters. The Bertz CT molecular complexity index is 994. The number of hydrogen-bond donors (Lipinski definition) is 0. The molecule has 0 N–H and O–H groups in total.